The topological polar surface area (TPSA) is 0 Å². The van der Waals surface area contributed by atoms with Crippen molar-refractivity contribution in [2.45, 2.75) is 12.8 Å². The molecule has 36 heavy (non-hydrogen) atoms. The maximum absolute atomic E-state index is 2.40. The summed E-state index contributed by atoms with van der Waals surface area (Å²) in [6, 6.07) is 42.0. The van der Waals surface area contributed by atoms with E-state index in [0.29, 0.717) is 0 Å². The van der Waals surface area contributed by atoms with Gasteiger partial charge < -0.3 is 0 Å². The van der Waals surface area contributed by atoms with Crippen LogP contribution in [0.1, 0.15) is 44.9 Å². The Morgan fingerprint density at radius 1 is 0.639 bits per heavy atom. The first-order valence-corrected chi connectivity index (χ1v) is 12.7. The second-order valence-electron chi connectivity index (χ2n) is 9.80. The average molecular weight is 459 g/mol. The lowest BCUT2D eigenvalue weighted by Gasteiger charge is -2.19. The molecule has 1 unspecified atom stereocenters. The van der Waals surface area contributed by atoms with Crippen molar-refractivity contribution in [3.05, 3.63) is 181 Å². The first-order valence-electron chi connectivity index (χ1n) is 12.7. The number of aryl methyl sites for hydroxylation is 1. The zero-order valence-electron chi connectivity index (χ0n) is 20.3. The third-order valence-corrected chi connectivity index (χ3v) is 7.59. The third kappa shape index (κ3) is 3.30. The fraction of sp³-hybridized carbons (Fsp3) is 0.0556. The maximum atomic E-state index is 2.40. The third-order valence-electron chi connectivity index (χ3n) is 7.59. The fourth-order valence-electron chi connectivity index (χ4n) is 5.97. The minimum absolute atomic E-state index is 0.207. The highest BCUT2D eigenvalue weighted by molar-refractivity contribution is 5.82. The van der Waals surface area contributed by atoms with Gasteiger partial charge in [0, 0.05) is 5.92 Å². The SMILES string of the molecule is Cc1ccc2c(c1)C=CC2c1c2c(ccc1=C(c1ccccc1)c1ccccc1)=c1ccccc1=C2. The van der Waals surface area contributed by atoms with Crippen LogP contribution in [-0.2, 0) is 0 Å². The van der Waals surface area contributed by atoms with Crippen LogP contribution in [0.2, 0.25) is 0 Å². The van der Waals surface area contributed by atoms with Crippen molar-refractivity contribution in [1.29, 1.82) is 0 Å². The number of benzene rings is 5. The molecule has 0 saturated heterocycles. The number of allylic oxidation sites excluding steroid dienone is 1. The van der Waals surface area contributed by atoms with E-state index in [0.717, 1.165) is 0 Å². The molecule has 0 aromatic heterocycles. The molecular weight excluding hydrogens is 432 g/mol. The first kappa shape index (κ1) is 20.9. The van der Waals surface area contributed by atoms with Crippen LogP contribution in [0.25, 0.3) is 17.7 Å². The predicted octanol–water partition coefficient (Wildman–Crippen LogP) is 6.83. The predicted molar refractivity (Wildman–Crippen MR) is 150 cm³/mol. The monoisotopic (exact) mass is 458 g/mol. The summed E-state index contributed by atoms with van der Waals surface area (Å²) in [5.41, 5.74) is 10.5. The Morgan fingerprint density at radius 3 is 2.08 bits per heavy atom. The van der Waals surface area contributed by atoms with Gasteiger partial charge in [0.05, 0.1) is 0 Å². The van der Waals surface area contributed by atoms with Gasteiger partial charge in [0.15, 0.2) is 0 Å². The molecule has 0 aliphatic heterocycles. The molecule has 1 atom stereocenters. The smallest absolute Gasteiger partial charge is 0.0291 e. The van der Waals surface area contributed by atoms with Gasteiger partial charge in [0.1, 0.15) is 0 Å². The van der Waals surface area contributed by atoms with E-state index in [2.05, 4.69) is 140 Å². The second-order valence-corrected chi connectivity index (χ2v) is 9.80. The molecule has 0 spiro atoms. The van der Waals surface area contributed by atoms with Gasteiger partial charge in [-0.25, -0.2) is 0 Å². The van der Waals surface area contributed by atoms with Crippen LogP contribution < -0.4 is 10.4 Å². The minimum Gasteiger partial charge on any atom is -0.0720 e. The lowest BCUT2D eigenvalue weighted by Crippen LogP contribution is -2.19. The van der Waals surface area contributed by atoms with Gasteiger partial charge in [-0.1, -0.05) is 133 Å². The summed E-state index contributed by atoms with van der Waals surface area (Å²) in [5.74, 6) is 0.207. The van der Waals surface area contributed by atoms with E-state index in [1.54, 1.807) is 0 Å². The molecule has 0 bridgehead atoms. The van der Waals surface area contributed by atoms with Crippen LogP contribution in [0.15, 0.2) is 121 Å². The second kappa shape index (κ2) is 8.36. The normalized spacial score (nSPS) is 14.6. The summed E-state index contributed by atoms with van der Waals surface area (Å²) >= 11 is 0. The molecule has 0 fully saturated rings. The molecule has 0 radical (unpaired) electrons. The highest BCUT2D eigenvalue weighted by Gasteiger charge is 2.25. The Balaban J connectivity index is 1.66. The highest BCUT2D eigenvalue weighted by Crippen LogP contribution is 2.37. The van der Waals surface area contributed by atoms with E-state index in [-0.39, 0.29) is 5.92 Å². The van der Waals surface area contributed by atoms with Gasteiger partial charge >= 0.3 is 0 Å². The maximum Gasteiger partial charge on any atom is 0.0291 e. The van der Waals surface area contributed by atoms with Gasteiger partial charge in [-0.05, 0) is 72.8 Å². The largest absolute Gasteiger partial charge is 0.0720 e. The zero-order valence-corrected chi connectivity index (χ0v) is 20.3. The summed E-state index contributed by atoms with van der Waals surface area (Å²) in [5, 5.41) is 5.27. The molecule has 170 valence electrons. The summed E-state index contributed by atoms with van der Waals surface area (Å²) in [6.07, 6.45) is 7.10. The van der Waals surface area contributed by atoms with Crippen LogP contribution >= 0.6 is 0 Å². The Morgan fingerprint density at radius 2 is 1.33 bits per heavy atom. The molecule has 0 N–H and O–H groups in total. The Hall–Kier alpha value is -4.42. The van der Waals surface area contributed by atoms with Crippen molar-refractivity contribution >= 4 is 17.7 Å². The van der Waals surface area contributed by atoms with E-state index in [9.17, 15) is 0 Å². The number of hydrogen-bond acceptors (Lipinski definition) is 0. The summed E-state index contributed by atoms with van der Waals surface area (Å²) in [6.45, 7) is 2.17. The average Bonchev–Trinajstić information content (AvgIpc) is 3.51. The lowest BCUT2D eigenvalue weighted by molar-refractivity contribution is 1.02. The van der Waals surface area contributed by atoms with Gasteiger partial charge in [-0.3, -0.25) is 0 Å². The van der Waals surface area contributed by atoms with Crippen molar-refractivity contribution in [2.75, 3.05) is 0 Å². The van der Waals surface area contributed by atoms with Crippen LogP contribution in [-0.4, -0.2) is 0 Å². The van der Waals surface area contributed by atoms with Gasteiger partial charge in [-0.15, -0.1) is 0 Å². The van der Waals surface area contributed by atoms with E-state index in [4.69, 9.17) is 0 Å². The number of fused-ring (bicyclic) bond motifs is 3. The van der Waals surface area contributed by atoms with Gasteiger partial charge in [0.2, 0.25) is 0 Å². The van der Waals surface area contributed by atoms with Crippen molar-refractivity contribution in [1.82, 2.24) is 0 Å². The molecule has 2 aliphatic carbocycles. The molecule has 5 aromatic rings. The number of rotatable bonds is 3. The minimum atomic E-state index is 0.207. The molecule has 7 rings (SSSR count). The standard InChI is InChI=1S/C36H26/c1-24-16-18-30-28(22-24)17-19-32(30)36-33(21-20-31-29-15-9-8-14-27(29)23-34(31)36)35(25-10-4-2-5-11-25)26-12-6-3-7-13-26/h2-23,32H,1H3. The molecular formula is C36H26. The Bertz CT molecular complexity index is 1830. The zero-order chi connectivity index (χ0) is 24.1. The molecule has 0 saturated carbocycles. The van der Waals surface area contributed by atoms with Crippen molar-refractivity contribution in [2.24, 2.45) is 0 Å². The summed E-state index contributed by atoms with van der Waals surface area (Å²) in [7, 11) is 0. The van der Waals surface area contributed by atoms with Crippen LogP contribution in [0.4, 0.5) is 0 Å². The Kier molecular flexibility index (Phi) is 4.85. The fourth-order valence-corrected chi connectivity index (χ4v) is 5.97. The van der Waals surface area contributed by atoms with Crippen molar-refractivity contribution in [3.63, 3.8) is 0 Å². The van der Waals surface area contributed by atoms with E-state index in [1.165, 1.54) is 65.4 Å². The number of hydrogen-bond donors (Lipinski definition) is 0. The van der Waals surface area contributed by atoms with E-state index in [1.807, 2.05) is 0 Å². The molecule has 0 heterocycles. The van der Waals surface area contributed by atoms with Gasteiger partial charge in [0.25, 0.3) is 0 Å². The van der Waals surface area contributed by atoms with Crippen LogP contribution in [0.5, 0.6) is 0 Å². The lowest BCUT2D eigenvalue weighted by atomic mass is 9.84. The van der Waals surface area contributed by atoms with E-state index < -0.39 is 0 Å². The van der Waals surface area contributed by atoms with Crippen molar-refractivity contribution < 1.29 is 0 Å². The molecule has 0 heteroatoms. The van der Waals surface area contributed by atoms with E-state index >= 15 is 0 Å². The molecule has 5 aromatic carbocycles. The molecule has 2 aliphatic rings. The summed E-state index contributed by atoms with van der Waals surface area (Å²) < 4.78 is 0. The molecule has 0 amide bonds. The van der Waals surface area contributed by atoms with Gasteiger partial charge in [-0.2, -0.15) is 0 Å². The molecule has 0 nitrogen and oxygen atoms in total. The summed E-state index contributed by atoms with van der Waals surface area (Å²) in [4.78, 5) is 0. The van der Waals surface area contributed by atoms with Crippen molar-refractivity contribution in [3.8, 4) is 0 Å². The Labute approximate surface area is 211 Å². The van der Waals surface area contributed by atoms with Crippen LogP contribution in [0.3, 0.4) is 0 Å². The van der Waals surface area contributed by atoms with Crippen LogP contribution in [0, 0.1) is 17.4 Å². The first-order chi connectivity index (χ1) is 17.8. The highest BCUT2D eigenvalue weighted by atomic mass is 14.3. The quantitative estimate of drug-likeness (QED) is 0.273.